The summed E-state index contributed by atoms with van der Waals surface area (Å²) in [6.07, 6.45) is -6.28. The van der Waals surface area contributed by atoms with E-state index in [2.05, 4.69) is 53.2 Å². The van der Waals surface area contributed by atoms with Crippen LogP contribution in [0.4, 0.5) is 0 Å². The molecule has 0 aliphatic heterocycles. The molecule has 0 saturated heterocycles. The van der Waals surface area contributed by atoms with E-state index in [1.54, 1.807) is 20.8 Å². The molecule has 0 aromatic heterocycles. The Morgan fingerprint density at radius 3 is 1.35 bits per heavy atom. The number of carboxylic acid groups (broad SMARTS) is 2. The van der Waals surface area contributed by atoms with Gasteiger partial charge in [-0.1, -0.05) is 48.0 Å². The van der Waals surface area contributed by atoms with E-state index in [9.17, 15) is 93.0 Å². The van der Waals surface area contributed by atoms with E-state index < -0.39 is 200 Å². The lowest BCUT2D eigenvalue weighted by Crippen LogP contribution is -2.63. The standard InChI is InChI=1S/C49H87N13O19/c1-10-23(6)36(59-47(78)39(26(9)66)62-48(79)38(25(8)65)60-40(71)27(51)20-63)45(76)56-30(18-32(52)67)41(72)53-19-33(68)54-29(14-15-34(69)70)42(73)55-28(13-11-12-16-50)43(74)58-35(22(4)5)44(75)61-37(24(7)64)46(77)57-31(49(80)81)17-21(2)3/h21-31,35-39,63-66H,10-20,50-51H2,1-9H3,(H2,52,67)(H,53,72)(H,54,68)(H,55,73)(H,56,76)(H,57,77)(H,58,74)(H,59,78)(H,60,71)(H,61,75)(H,62,79)(H,69,70)(H,80,81)/t23-,24+,25+,26+,27-,28-,29-,30-,31-,35-,36-,37-,38-,39-/m0/s1. The Morgan fingerprint density at radius 2 is 0.914 bits per heavy atom. The van der Waals surface area contributed by atoms with Gasteiger partial charge < -0.3 is 101 Å². The number of carbonyl (C=O) groups is 13. The smallest absolute Gasteiger partial charge is 0.326 e. The highest BCUT2D eigenvalue weighted by molar-refractivity contribution is 5.99. The maximum atomic E-state index is 13.9. The number of aliphatic hydroxyl groups is 4. The van der Waals surface area contributed by atoms with E-state index >= 15 is 0 Å². The molecule has 0 fully saturated rings. The molecule has 32 heteroatoms. The summed E-state index contributed by atoms with van der Waals surface area (Å²) in [5, 5.41) is 82.4. The normalized spacial score (nSPS) is 16.5. The van der Waals surface area contributed by atoms with Gasteiger partial charge in [0.05, 0.1) is 37.9 Å². The van der Waals surface area contributed by atoms with Crippen molar-refractivity contribution in [1.82, 2.24) is 53.2 Å². The lowest BCUT2D eigenvalue weighted by molar-refractivity contribution is -0.143. The minimum absolute atomic E-state index is 0.0275. The second kappa shape index (κ2) is 37.0. The van der Waals surface area contributed by atoms with Crippen molar-refractivity contribution in [2.24, 2.45) is 35.0 Å². The van der Waals surface area contributed by atoms with Gasteiger partial charge in [-0.3, -0.25) is 57.5 Å². The summed E-state index contributed by atoms with van der Waals surface area (Å²) in [6, 6.07) is -16.1. The molecule has 462 valence electrons. The average molecular weight is 1160 g/mol. The molecule has 0 aromatic rings. The van der Waals surface area contributed by atoms with Gasteiger partial charge in [0.15, 0.2) is 0 Å². The second-order valence-corrected chi connectivity index (χ2v) is 20.4. The molecule has 0 bridgehead atoms. The van der Waals surface area contributed by atoms with Gasteiger partial charge in [0.2, 0.25) is 65.0 Å². The summed E-state index contributed by atoms with van der Waals surface area (Å²) in [5.74, 6) is -16.3. The fourth-order valence-electron chi connectivity index (χ4n) is 7.51. The predicted octanol–water partition coefficient (Wildman–Crippen LogP) is -7.37. The van der Waals surface area contributed by atoms with Crippen LogP contribution in [0.1, 0.15) is 114 Å². The van der Waals surface area contributed by atoms with Gasteiger partial charge in [0.25, 0.3) is 0 Å². The van der Waals surface area contributed by atoms with Crippen LogP contribution in [0.2, 0.25) is 0 Å². The maximum Gasteiger partial charge on any atom is 0.326 e. The molecule has 0 unspecified atom stereocenters. The minimum Gasteiger partial charge on any atom is -0.481 e. The number of amides is 11. The molecule has 0 radical (unpaired) electrons. The Labute approximate surface area is 469 Å². The first kappa shape index (κ1) is 73.9. The van der Waals surface area contributed by atoms with Crippen molar-refractivity contribution in [3.63, 3.8) is 0 Å². The van der Waals surface area contributed by atoms with Gasteiger partial charge in [0, 0.05) is 6.42 Å². The molecular weight excluding hydrogens is 1070 g/mol. The van der Waals surface area contributed by atoms with Crippen molar-refractivity contribution >= 4 is 76.9 Å². The number of primary amides is 1. The van der Waals surface area contributed by atoms with Crippen LogP contribution in [0, 0.1) is 17.8 Å². The van der Waals surface area contributed by atoms with Gasteiger partial charge in [-0.25, -0.2) is 4.79 Å². The minimum atomic E-state index is -1.84. The zero-order chi connectivity index (χ0) is 62.6. The Balaban J connectivity index is 6.49. The Morgan fingerprint density at radius 1 is 0.494 bits per heavy atom. The molecule has 32 nitrogen and oxygen atoms in total. The third-order valence-corrected chi connectivity index (χ3v) is 12.4. The van der Waals surface area contributed by atoms with Crippen molar-refractivity contribution in [3.8, 4) is 0 Å². The predicted molar refractivity (Wildman–Crippen MR) is 285 cm³/mol. The third-order valence-electron chi connectivity index (χ3n) is 12.4. The summed E-state index contributed by atoms with van der Waals surface area (Å²) in [5.41, 5.74) is 16.5. The first-order valence-electron chi connectivity index (χ1n) is 26.5. The molecule has 14 atom stereocenters. The lowest BCUT2D eigenvalue weighted by atomic mass is 9.96. The number of hydrogen-bond acceptors (Lipinski definition) is 19. The molecule has 0 saturated carbocycles. The molecule has 22 N–H and O–H groups in total. The largest absolute Gasteiger partial charge is 0.481 e. The van der Waals surface area contributed by atoms with Crippen molar-refractivity contribution < 1.29 is 93.0 Å². The molecule has 0 rings (SSSR count). The SMILES string of the molecule is CC[C@H](C)[C@H](NC(=O)[C@@H](NC(=O)[C@@H](NC(=O)[C@@H](N)CO)[C@@H](C)O)[C@@H](C)O)C(=O)N[C@@H](CC(N)=O)C(=O)NCC(=O)N[C@@H](CCC(=O)O)C(=O)N[C@@H](CCCCN)C(=O)N[C@H](C(=O)N[C@H](C(=O)N[C@@H](CC(C)C)C(=O)O)[C@@H](C)O)C(C)C. The molecule has 0 aromatic carbocycles. The second-order valence-electron chi connectivity index (χ2n) is 20.4. The molecule has 0 heterocycles. The third kappa shape index (κ3) is 27.3. The zero-order valence-electron chi connectivity index (χ0n) is 47.2. The van der Waals surface area contributed by atoms with Crippen LogP contribution in [-0.2, 0) is 62.3 Å². The van der Waals surface area contributed by atoms with Crippen LogP contribution in [-0.4, -0.2) is 206 Å². The topological polar surface area (TPSA) is 542 Å². The van der Waals surface area contributed by atoms with E-state index in [0.29, 0.717) is 6.42 Å². The molecule has 0 spiro atoms. The number of carboxylic acids is 2. The van der Waals surface area contributed by atoms with Gasteiger partial charge in [-0.2, -0.15) is 0 Å². The van der Waals surface area contributed by atoms with E-state index in [-0.39, 0.29) is 38.1 Å². The molecular formula is C49H87N13O19. The van der Waals surface area contributed by atoms with E-state index in [0.717, 1.165) is 13.8 Å². The van der Waals surface area contributed by atoms with Crippen molar-refractivity contribution in [3.05, 3.63) is 0 Å². The highest BCUT2D eigenvalue weighted by atomic mass is 16.4. The number of rotatable bonds is 39. The first-order chi connectivity index (χ1) is 37.6. The number of nitrogens with two attached hydrogens (primary N) is 3. The van der Waals surface area contributed by atoms with Crippen LogP contribution in [0.5, 0.6) is 0 Å². The Kier molecular flexibility index (Phi) is 33.7. The maximum absolute atomic E-state index is 13.9. The number of carbonyl (C=O) groups excluding carboxylic acids is 11. The number of aliphatic hydroxyl groups excluding tert-OH is 4. The van der Waals surface area contributed by atoms with Crippen LogP contribution in [0.3, 0.4) is 0 Å². The van der Waals surface area contributed by atoms with Crippen LogP contribution in [0.15, 0.2) is 0 Å². The lowest BCUT2D eigenvalue weighted by Gasteiger charge is -2.30. The Bertz CT molecular complexity index is 2160. The summed E-state index contributed by atoms with van der Waals surface area (Å²) < 4.78 is 0. The van der Waals surface area contributed by atoms with Crippen molar-refractivity contribution in [1.29, 1.82) is 0 Å². The average Bonchev–Trinajstić information content (AvgIpc) is 3.37. The Hall–Kier alpha value is -7.13. The number of unbranched alkanes of at least 4 members (excludes halogenated alkanes) is 1. The highest BCUT2D eigenvalue weighted by Gasteiger charge is 2.39. The van der Waals surface area contributed by atoms with Crippen LogP contribution >= 0.6 is 0 Å². The molecule has 11 amide bonds. The summed E-state index contributed by atoms with van der Waals surface area (Å²) in [6.45, 7) is 11.4. The summed E-state index contributed by atoms with van der Waals surface area (Å²) in [4.78, 5) is 170. The summed E-state index contributed by atoms with van der Waals surface area (Å²) in [7, 11) is 0. The van der Waals surface area contributed by atoms with Crippen molar-refractivity contribution in [2.75, 3.05) is 19.7 Å². The molecule has 0 aliphatic rings. The van der Waals surface area contributed by atoms with E-state index in [1.807, 2.05) is 0 Å². The zero-order valence-corrected chi connectivity index (χ0v) is 47.2. The van der Waals surface area contributed by atoms with Gasteiger partial charge >= 0.3 is 11.9 Å². The highest BCUT2D eigenvalue weighted by Crippen LogP contribution is 2.13. The van der Waals surface area contributed by atoms with Gasteiger partial charge in [0.1, 0.15) is 60.4 Å². The first-order valence-corrected chi connectivity index (χ1v) is 26.5. The van der Waals surface area contributed by atoms with Crippen LogP contribution < -0.4 is 70.4 Å². The van der Waals surface area contributed by atoms with Crippen LogP contribution in [0.25, 0.3) is 0 Å². The molecule has 81 heavy (non-hydrogen) atoms. The quantitative estimate of drug-likeness (QED) is 0.0254. The fraction of sp³-hybridized carbons (Fsp3) is 0.735. The fourth-order valence-corrected chi connectivity index (χ4v) is 7.51. The monoisotopic (exact) mass is 1160 g/mol. The number of aliphatic carboxylic acids is 2. The van der Waals surface area contributed by atoms with Crippen molar-refractivity contribution in [2.45, 2.75) is 192 Å². The number of hydrogen-bond donors (Lipinski definition) is 19. The molecule has 0 aliphatic carbocycles. The van der Waals surface area contributed by atoms with E-state index in [4.69, 9.17) is 17.2 Å². The number of nitrogens with one attached hydrogen (secondary N) is 10. The summed E-state index contributed by atoms with van der Waals surface area (Å²) >= 11 is 0. The van der Waals surface area contributed by atoms with Gasteiger partial charge in [-0.05, 0) is 77.2 Å². The van der Waals surface area contributed by atoms with E-state index in [1.165, 1.54) is 27.7 Å². The van der Waals surface area contributed by atoms with Gasteiger partial charge in [-0.15, -0.1) is 0 Å².